The maximum absolute atomic E-state index is 12.8. The fourth-order valence-corrected chi connectivity index (χ4v) is 1.70. The first kappa shape index (κ1) is 10.8. The molecule has 0 amide bonds. The molecule has 0 bridgehead atoms. The topological polar surface area (TPSA) is 26.0 Å². The third-order valence-electron chi connectivity index (χ3n) is 1.33. The van der Waals surface area contributed by atoms with Crippen LogP contribution >= 0.6 is 23.4 Å². The first-order valence-electron chi connectivity index (χ1n) is 3.56. The molecule has 1 aromatic rings. The number of rotatable bonds is 3. The predicted octanol–water partition coefficient (Wildman–Crippen LogP) is 2.98. The third-order valence-corrected chi connectivity index (χ3v) is 2.82. The third kappa shape index (κ3) is 3.14. The second kappa shape index (κ2) is 4.26. The summed E-state index contributed by atoms with van der Waals surface area (Å²) >= 11 is 6.07. The van der Waals surface area contributed by atoms with Crippen molar-refractivity contribution in [3.63, 3.8) is 0 Å². The van der Waals surface area contributed by atoms with Gasteiger partial charge in [0.1, 0.15) is 0 Å². The van der Waals surface area contributed by atoms with Crippen molar-refractivity contribution in [1.29, 1.82) is 0 Å². The van der Waals surface area contributed by atoms with Crippen LogP contribution in [0.1, 0.15) is 0 Å². The van der Waals surface area contributed by atoms with E-state index in [1.165, 1.54) is 6.07 Å². The van der Waals surface area contributed by atoms with E-state index in [2.05, 4.69) is 0 Å². The molecule has 0 aliphatic rings. The summed E-state index contributed by atoms with van der Waals surface area (Å²) in [6.45, 7) is -0.692. The van der Waals surface area contributed by atoms with Gasteiger partial charge in [0.15, 0.2) is 0 Å². The van der Waals surface area contributed by atoms with E-state index in [0.29, 0.717) is 21.7 Å². The Hall–Kier alpha value is -0.320. The zero-order chi connectivity index (χ0) is 9.90. The first-order chi connectivity index (χ1) is 6.05. The van der Waals surface area contributed by atoms with Crippen LogP contribution in [0.3, 0.4) is 0 Å². The van der Waals surface area contributed by atoms with Crippen molar-refractivity contribution >= 4 is 23.4 Å². The Morgan fingerprint density at radius 2 is 2.00 bits per heavy atom. The van der Waals surface area contributed by atoms with E-state index in [0.717, 1.165) is 0 Å². The second-order valence-electron chi connectivity index (χ2n) is 2.37. The van der Waals surface area contributed by atoms with Gasteiger partial charge in [-0.1, -0.05) is 23.7 Å². The molecule has 0 radical (unpaired) electrons. The minimum Gasteiger partial charge on any atom is -0.324 e. The molecule has 0 fully saturated rings. The van der Waals surface area contributed by atoms with Crippen LogP contribution in [-0.2, 0) is 0 Å². The van der Waals surface area contributed by atoms with Crippen LogP contribution in [0.5, 0.6) is 0 Å². The number of thioether (sulfide) groups is 1. The lowest BCUT2D eigenvalue weighted by Crippen LogP contribution is -2.23. The molecule has 5 heteroatoms. The maximum atomic E-state index is 12.8. The molecule has 0 heterocycles. The molecule has 0 aliphatic carbocycles. The van der Waals surface area contributed by atoms with Crippen molar-refractivity contribution in [2.45, 2.75) is 10.2 Å². The van der Waals surface area contributed by atoms with Gasteiger partial charge in [0.05, 0.1) is 11.6 Å². The molecule has 0 aliphatic heterocycles. The molecule has 0 atom stereocenters. The fraction of sp³-hybridized carbons (Fsp3) is 0.250. The van der Waals surface area contributed by atoms with Crippen LogP contribution in [0.2, 0.25) is 5.02 Å². The molecule has 2 N–H and O–H groups in total. The molecule has 72 valence electrons. The van der Waals surface area contributed by atoms with Crippen molar-refractivity contribution in [2.24, 2.45) is 5.73 Å². The average molecular weight is 224 g/mol. The monoisotopic (exact) mass is 223 g/mol. The Balaban J connectivity index is 2.80. The molecular weight excluding hydrogens is 216 g/mol. The van der Waals surface area contributed by atoms with Gasteiger partial charge < -0.3 is 5.73 Å². The minimum absolute atomic E-state index is 0.320. The summed E-state index contributed by atoms with van der Waals surface area (Å²) in [5.41, 5.74) is 4.89. The van der Waals surface area contributed by atoms with E-state index >= 15 is 0 Å². The predicted molar refractivity (Wildman–Crippen MR) is 51.3 cm³/mol. The zero-order valence-electron chi connectivity index (χ0n) is 6.64. The Labute approximate surface area is 84.3 Å². The van der Waals surface area contributed by atoms with Crippen LogP contribution in [-0.4, -0.2) is 11.8 Å². The van der Waals surface area contributed by atoms with Crippen molar-refractivity contribution in [1.82, 2.24) is 0 Å². The molecule has 1 aromatic carbocycles. The molecular formula is C8H8ClF2NS. The van der Waals surface area contributed by atoms with Crippen molar-refractivity contribution in [3.8, 4) is 0 Å². The lowest BCUT2D eigenvalue weighted by atomic mass is 10.4. The normalized spacial score (nSPS) is 11.7. The summed E-state index contributed by atoms with van der Waals surface area (Å²) in [5.74, 6) is 0. The van der Waals surface area contributed by atoms with Gasteiger partial charge in [0, 0.05) is 4.90 Å². The van der Waals surface area contributed by atoms with Crippen molar-refractivity contribution in [2.75, 3.05) is 6.54 Å². The fourth-order valence-electron chi connectivity index (χ4n) is 0.730. The van der Waals surface area contributed by atoms with Crippen LogP contribution in [0, 0.1) is 0 Å². The quantitative estimate of drug-likeness (QED) is 0.798. The Kier molecular flexibility index (Phi) is 3.53. The second-order valence-corrected chi connectivity index (χ2v) is 4.02. The summed E-state index contributed by atoms with van der Waals surface area (Å²) in [6, 6.07) is 6.45. The van der Waals surface area contributed by atoms with Gasteiger partial charge in [0.2, 0.25) is 0 Å². The standard InChI is InChI=1S/C8H8ClF2NS/c9-6-3-1-2-4-7(6)13-8(10,11)5-12/h1-4H,5,12H2. The van der Waals surface area contributed by atoms with Gasteiger partial charge in [-0.05, 0) is 23.9 Å². The van der Waals surface area contributed by atoms with E-state index in [9.17, 15) is 8.78 Å². The number of hydrogen-bond donors (Lipinski definition) is 1. The number of halogens is 3. The molecule has 1 rings (SSSR count). The first-order valence-corrected chi connectivity index (χ1v) is 4.76. The Morgan fingerprint density at radius 1 is 1.38 bits per heavy atom. The lowest BCUT2D eigenvalue weighted by Gasteiger charge is -2.13. The van der Waals surface area contributed by atoms with Gasteiger partial charge in [-0.3, -0.25) is 0 Å². The van der Waals surface area contributed by atoms with Gasteiger partial charge in [-0.2, -0.15) is 8.78 Å². The summed E-state index contributed by atoms with van der Waals surface area (Å²) in [6.07, 6.45) is 0. The molecule has 13 heavy (non-hydrogen) atoms. The highest BCUT2D eigenvalue weighted by atomic mass is 35.5. The lowest BCUT2D eigenvalue weighted by molar-refractivity contribution is 0.116. The summed E-state index contributed by atoms with van der Waals surface area (Å²) in [4.78, 5) is 0.347. The summed E-state index contributed by atoms with van der Waals surface area (Å²) < 4.78 is 25.6. The van der Waals surface area contributed by atoms with Gasteiger partial charge in [-0.25, -0.2) is 0 Å². The minimum atomic E-state index is -2.95. The van der Waals surface area contributed by atoms with Gasteiger partial charge >= 0.3 is 5.25 Å². The smallest absolute Gasteiger partial charge is 0.310 e. The molecule has 0 unspecified atom stereocenters. The number of hydrogen-bond acceptors (Lipinski definition) is 2. The highest BCUT2D eigenvalue weighted by Gasteiger charge is 2.28. The van der Waals surface area contributed by atoms with E-state index < -0.39 is 11.8 Å². The zero-order valence-corrected chi connectivity index (χ0v) is 8.21. The number of benzene rings is 1. The Morgan fingerprint density at radius 3 is 2.54 bits per heavy atom. The van der Waals surface area contributed by atoms with E-state index in [-0.39, 0.29) is 0 Å². The summed E-state index contributed by atoms with van der Waals surface area (Å²) in [7, 11) is 0. The van der Waals surface area contributed by atoms with Crippen molar-refractivity contribution in [3.05, 3.63) is 29.3 Å². The van der Waals surface area contributed by atoms with Crippen LogP contribution < -0.4 is 5.73 Å². The maximum Gasteiger partial charge on any atom is 0.310 e. The van der Waals surface area contributed by atoms with E-state index in [1.54, 1.807) is 18.2 Å². The molecule has 0 saturated carbocycles. The SMILES string of the molecule is NCC(F)(F)Sc1ccccc1Cl. The van der Waals surface area contributed by atoms with Gasteiger partial charge in [-0.15, -0.1) is 0 Å². The highest BCUT2D eigenvalue weighted by Crippen LogP contribution is 2.38. The van der Waals surface area contributed by atoms with Gasteiger partial charge in [0.25, 0.3) is 0 Å². The van der Waals surface area contributed by atoms with Crippen LogP contribution in [0.25, 0.3) is 0 Å². The van der Waals surface area contributed by atoms with Crippen molar-refractivity contribution < 1.29 is 8.78 Å². The van der Waals surface area contributed by atoms with E-state index in [4.69, 9.17) is 17.3 Å². The number of nitrogens with two attached hydrogens (primary N) is 1. The largest absolute Gasteiger partial charge is 0.324 e. The van der Waals surface area contributed by atoms with Crippen LogP contribution in [0.4, 0.5) is 8.78 Å². The highest BCUT2D eigenvalue weighted by molar-refractivity contribution is 8.00. The van der Waals surface area contributed by atoms with Crippen LogP contribution in [0.15, 0.2) is 29.2 Å². The average Bonchev–Trinajstić information content (AvgIpc) is 2.09. The van der Waals surface area contributed by atoms with E-state index in [1.807, 2.05) is 0 Å². The number of alkyl halides is 2. The molecule has 0 spiro atoms. The summed E-state index contributed by atoms with van der Waals surface area (Å²) in [5, 5.41) is -2.63. The Bertz CT molecular complexity index is 293. The molecule has 1 nitrogen and oxygen atoms in total. The molecule has 0 saturated heterocycles. The molecule has 0 aromatic heterocycles.